The molecule has 4 rings (SSSR count). The van der Waals surface area contributed by atoms with Crippen LogP contribution in [-0.4, -0.2) is 38.7 Å². The largest absolute Gasteiger partial charge is 0.491 e. The molecule has 4 aromatic rings. The molecule has 200 valence electrons. The lowest BCUT2D eigenvalue weighted by Crippen LogP contribution is -2.40. The maximum Gasteiger partial charge on any atom is 0.249 e. The molecular formula is C26H23Cl3FN3O5. The van der Waals surface area contributed by atoms with E-state index in [9.17, 15) is 10.2 Å². The van der Waals surface area contributed by atoms with Gasteiger partial charge >= 0.3 is 0 Å². The van der Waals surface area contributed by atoms with Crippen molar-refractivity contribution in [1.82, 2.24) is 10.2 Å². The lowest BCUT2D eigenvalue weighted by molar-refractivity contribution is -0.0661. The van der Waals surface area contributed by atoms with Gasteiger partial charge in [-0.25, -0.2) is 4.39 Å². The summed E-state index contributed by atoms with van der Waals surface area (Å²) in [6.07, 6.45) is -1.14. The Balaban J connectivity index is 1.50. The van der Waals surface area contributed by atoms with Gasteiger partial charge in [0.05, 0.1) is 27.6 Å². The highest BCUT2D eigenvalue weighted by Crippen LogP contribution is 2.37. The second-order valence-corrected chi connectivity index (χ2v) is 10.2. The quantitative estimate of drug-likeness (QED) is 0.196. The van der Waals surface area contributed by atoms with Crippen LogP contribution in [0.25, 0.3) is 11.5 Å². The number of hydrogen-bond acceptors (Lipinski definition) is 8. The molecular weight excluding hydrogens is 560 g/mol. The maximum atomic E-state index is 15.3. The van der Waals surface area contributed by atoms with Crippen LogP contribution >= 0.6 is 34.8 Å². The number of aliphatic hydroxyl groups is 2. The Kier molecular flexibility index (Phi) is 8.34. The summed E-state index contributed by atoms with van der Waals surface area (Å²) in [6.45, 7) is 2.82. The highest BCUT2D eigenvalue weighted by Gasteiger charge is 2.25. The fourth-order valence-electron chi connectivity index (χ4n) is 3.30. The Morgan fingerprint density at radius 3 is 2.47 bits per heavy atom. The molecule has 0 aliphatic rings. The van der Waals surface area contributed by atoms with Gasteiger partial charge in [0, 0.05) is 22.3 Å². The molecule has 0 saturated carbocycles. The van der Waals surface area contributed by atoms with Crippen molar-refractivity contribution in [2.45, 2.75) is 32.0 Å². The van der Waals surface area contributed by atoms with Crippen molar-refractivity contribution in [2.75, 3.05) is 12.3 Å². The number of aromatic nitrogens is 2. The van der Waals surface area contributed by atoms with Gasteiger partial charge in [-0.2, -0.15) is 0 Å². The smallest absolute Gasteiger partial charge is 0.249 e. The second kappa shape index (κ2) is 11.3. The molecule has 0 bridgehead atoms. The second-order valence-electron chi connectivity index (χ2n) is 8.97. The zero-order chi connectivity index (χ0) is 27.6. The average Bonchev–Trinajstić information content (AvgIpc) is 3.29. The molecule has 0 radical (unpaired) electrons. The molecule has 8 nitrogen and oxygen atoms in total. The SMILES string of the molecule is CC(C)(O)[C@@H](O)COc1ccc(-c2nnc(Cc3ccc(Cl)c(Oc4cc(N)cc(Cl)c4)c3F)o2)c(Cl)c1. The van der Waals surface area contributed by atoms with Gasteiger partial charge < -0.3 is 29.8 Å². The third-order valence-electron chi connectivity index (χ3n) is 5.45. The molecule has 1 heterocycles. The Morgan fingerprint density at radius 2 is 1.79 bits per heavy atom. The van der Waals surface area contributed by atoms with Gasteiger partial charge in [-0.15, -0.1) is 10.2 Å². The van der Waals surface area contributed by atoms with E-state index in [0.717, 1.165) is 0 Å². The van der Waals surface area contributed by atoms with Crippen LogP contribution in [0.3, 0.4) is 0 Å². The predicted octanol–water partition coefficient (Wildman–Crippen LogP) is 6.31. The van der Waals surface area contributed by atoms with Gasteiger partial charge in [0.1, 0.15) is 24.2 Å². The van der Waals surface area contributed by atoms with Gasteiger partial charge in [-0.1, -0.05) is 40.9 Å². The average molecular weight is 583 g/mol. The van der Waals surface area contributed by atoms with Crippen molar-refractivity contribution in [3.63, 3.8) is 0 Å². The number of rotatable bonds is 9. The standard InChI is InChI=1S/C26H23Cl3FN3O5/c1-26(2,35)21(34)12-36-16-4-5-18(20(29)11-16)25-33-32-22(38-25)7-13-3-6-19(28)24(23(13)30)37-17-9-14(27)8-15(31)10-17/h3-6,8-11,21,34-35H,7,12,31H2,1-2H3/t21-/m0/s1. The summed E-state index contributed by atoms with van der Waals surface area (Å²) in [5, 5.41) is 28.4. The predicted molar refractivity (Wildman–Crippen MR) is 143 cm³/mol. The summed E-state index contributed by atoms with van der Waals surface area (Å²) in [4.78, 5) is 0. The topological polar surface area (TPSA) is 124 Å². The van der Waals surface area contributed by atoms with Crippen LogP contribution in [0.4, 0.5) is 10.1 Å². The Hall–Kier alpha value is -3.08. The van der Waals surface area contributed by atoms with Crippen LogP contribution < -0.4 is 15.2 Å². The van der Waals surface area contributed by atoms with Crippen molar-refractivity contribution >= 4 is 40.5 Å². The van der Waals surface area contributed by atoms with Gasteiger partial charge in [0.2, 0.25) is 11.8 Å². The van der Waals surface area contributed by atoms with Crippen molar-refractivity contribution in [3.05, 3.63) is 80.9 Å². The van der Waals surface area contributed by atoms with E-state index < -0.39 is 17.5 Å². The first-order valence-electron chi connectivity index (χ1n) is 11.3. The molecule has 0 amide bonds. The molecule has 0 spiro atoms. The highest BCUT2D eigenvalue weighted by molar-refractivity contribution is 6.33. The van der Waals surface area contributed by atoms with Gasteiger partial charge in [0.15, 0.2) is 11.6 Å². The van der Waals surface area contributed by atoms with Crippen molar-refractivity contribution < 1.29 is 28.5 Å². The van der Waals surface area contributed by atoms with Crippen LogP contribution in [0.1, 0.15) is 25.3 Å². The molecule has 1 aromatic heterocycles. The van der Waals surface area contributed by atoms with Crippen molar-refractivity contribution in [2.24, 2.45) is 0 Å². The maximum absolute atomic E-state index is 15.3. The minimum atomic E-state index is -1.32. The minimum Gasteiger partial charge on any atom is -0.491 e. The monoisotopic (exact) mass is 581 g/mol. The molecule has 0 unspecified atom stereocenters. The molecule has 4 N–H and O–H groups in total. The number of nitrogens with zero attached hydrogens (tertiary/aromatic N) is 2. The first kappa shape index (κ1) is 27.9. The zero-order valence-corrected chi connectivity index (χ0v) is 22.5. The number of nitrogens with two attached hydrogens (primary N) is 1. The molecule has 12 heteroatoms. The Bertz CT molecular complexity index is 1440. The van der Waals surface area contributed by atoms with E-state index in [1.165, 1.54) is 50.2 Å². The van der Waals surface area contributed by atoms with Crippen LogP contribution in [0.5, 0.6) is 17.2 Å². The van der Waals surface area contributed by atoms with E-state index in [1.54, 1.807) is 12.1 Å². The number of anilines is 1. The molecule has 3 aromatic carbocycles. The zero-order valence-electron chi connectivity index (χ0n) is 20.2. The van der Waals surface area contributed by atoms with Crippen molar-refractivity contribution in [3.8, 4) is 28.7 Å². The van der Waals surface area contributed by atoms with E-state index in [-0.39, 0.29) is 51.9 Å². The van der Waals surface area contributed by atoms with Gasteiger partial charge in [-0.05, 0) is 50.2 Å². The van der Waals surface area contributed by atoms with Crippen LogP contribution in [0.15, 0.2) is 52.9 Å². The first-order valence-corrected chi connectivity index (χ1v) is 12.4. The number of ether oxygens (including phenoxy) is 2. The summed E-state index contributed by atoms with van der Waals surface area (Å²) < 4.78 is 32.2. The number of halogens is 4. The van der Waals surface area contributed by atoms with Gasteiger partial charge in [-0.3, -0.25) is 0 Å². The number of aliphatic hydroxyl groups excluding tert-OH is 1. The highest BCUT2D eigenvalue weighted by atomic mass is 35.5. The first-order chi connectivity index (χ1) is 17.9. The minimum absolute atomic E-state index is 0.0440. The summed E-state index contributed by atoms with van der Waals surface area (Å²) in [7, 11) is 0. The van der Waals surface area contributed by atoms with Crippen LogP contribution in [0.2, 0.25) is 15.1 Å². The molecule has 0 aliphatic heterocycles. The number of benzene rings is 3. The Labute approximate surface area is 232 Å². The van der Waals surface area contributed by atoms with E-state index in [0.29, 0.717) is 22.0 Å². The van der Waals surface area contributed by atoms with Crippen molar-refractivity contribution in [1.29, 1.82) is 0 Å². The van der Waals surface area contributed by atoms with E-state index in [2.05, 4.69) is 10.2 Å². The fourth-order valence-corrected chi connectivity index (χ4v) is 3.97. The Morgan fingerprint density at radius 1 is 1.03 bits per heavy atom. The molecule has 1 atom stereocenters. The molecule has 38 heavy (non-hydrogen) atoms. The molecule has 0 saturated heterocycles. The number of nitrogen functional groups attached to an aromatic ring is 1. The van der Waals surface area contributed by atoms with Crippen LogP contribution in [0, 0.1) is 5.82 Å². The van der Waals surface area contributed by atoms with Crippen LogP contribution in [-0.2, 0) is 6.42 Å². The lowest BCUT2D eigenvalue weighted by atomic mass is 10.0. The number of hydrogen-bond donors (Lipinski definition) is 3. The third-order valence-corrected chi connectivity index (χ3v) is 6.27. The summed E-state index contributed by atoms with van der Waals surface area (Å²) in [5.74, 6) is -0.0524. The molecule has 0 aliphatic carbocycles. The summed E-state index contributed by atoms with van der Waals surface area (Å²) >= 11 is 18.6. The van der Waals surface area contributed by atoms with E-state index >= 15 is 4.39 Å². The van der Waals surface area contributed by atoms with E-state index in [4.69, 9.17) is 54.4 Å². The van der Waals surface area contributed by atoms with E-state index in [1.807, 2.05) is 0 Å². The third kappa shape index (κ3) is 6.67. The normalized spacial score (nSPS) is 12.4. The summed E-state index contributed by atoms with van der Waals surface area (Å²) in [5.41, 5.74) is 5.45. The fraction of sp³-hybridized carbons (Fsp3) is 0.231. The van der Waals surface area contributed by atoms with Gasteiger partial charge in [0.25, 0.3) is 0 Å². The lowest BCUT2D eigenvalue weighted by Gasteiger charge is -2.24. The molecule has 0 fully saturated rings. The summed E-state index contributed by atoms with van der Waals surface area (Å²) in [6, 6.07) is 12.2.